The van der Waals surface area contributed by atoms with Crippen molar-refractivity contribution in [3.05, 3.63) is 48.5 Å². The minimum atomic E-state index is -0.552. The highest BCUT2D eigenvalue weighted by Gasteiger charge is 2.05. The fraction of sp³-hybridized carbons (Fsp3) is 0.188. The number of hydrogen-bond donors (Lipinski definition) is 1. The van der Waals surface area contributed by atoms with Gasteiger partial charge >= 0.3 is 6.09 Å². The van der Waals surface area contributed by atoms with Crippen molar-refractivity contribution in [3.63, 3.8) is 0 Å². The van der Waals surface area contributed by atoms with Crippen molar-refractivity contribution in [1.82, 2.24) is 0 Å². The molecule has 0 atom stereocenters. The Bertz CT molecular complexity index is 578. The number of carbonyl (C=O) groups excluding carboxylic acids is 1. The smallest absolute Gasteiger partial charge is 0.417 e. The van der Waals surface area contributed by atoms with Gasteiger partial charge in [0.15, 0.2) is 0 Å². The van der Waals surface area contributed by atoms with E-state index in [1.165, 1.54) is 0 Å². The van der Waals surface area contributed by atoms with Crippen molar-refractivity contribution >= 4 is 11.8 Å². The maximum Gasteiger partial charge on any atom is 0.417 e. The third-order valence-electron chi connectivity index (χ3n) is 2.68. The largest absolute Gasteiger partial charge is 0.497 e. The van der Waals surface area contributed by atoms with E-state index in [0.29, 0.717) is 23.8 Å². The van der Waals surface area contributed by atoms with Crippen LogP contribution in [0, 0.1) is 0 Å². The molecular formula is C16H17NO4. The molecule has 110 valence electrons. The fourth-order valence-corrected chi connectivity index (χ4v) is 1.70. The Kier molecular flexibility index (Phi) is 5.04. The van der Waals surface area contributed by atoms with Crippen molar-refractivity contribution < 1.29 is 19.0 Å². The number of amides is 1. The summed E-state index contributed by atoms with van der Waals surface area (Å²) >= 11 is 0. The lowest BCUT2D eigenvalue weighted by atomic mass is 10.3. The summed E-state index contributed by atoms with van der Waals surface area (Å²) in [5.41, 5.74) is 0.636. The summed E-state index contributed by atoms with van der Waals surface area (Å²) in [7, 11) is 1.58. The molecule has 0 heterocycles. The van der Waals surface area contributed by atoms with Crippen molar-refractivity contribution in [2.24, 2.45) is 0 Å². The maximum absolute atomic E-state index is 11.8. The molecule has 0 spiro atoms. The molecule has 0 aromatic heterocycles. The van der Waals surface area contributed by atoms with Gasteiger partial charge < -0.3 is 14.2 Å². The van der Waals surface area contributed by atoms with Gasteiger partial charge in [0.25, 0.3) is 0 Å². The van der Waals surface area contributed by atoms with E-state index >= 15 is 0 Å². The molecule has 0 aliphatic carbocycles. The number of benzene rings is 2. The molecule has 5 heteroatoms. The van der Waals surface area contributed by atoms with Crippen molar-refractivity contribution in [2.75, 3.05) is 19.0 Å². The van der Waals surface area contributed by atoms with Crippen LogP contribution in [0.1, 0.15) is 6.92 Å². The number of methoxy groups -OCH3 is 1. The van der Waals surface area contributed by atoms with Gasteiger partial charge in [-0.25, -0.2) is 4.79 Å². The first kappa shape index (κ1) is 14.7. The zero-order chi connectivity index (χ0) is 15.1. The van der Waals surface area contributed by atoms with Crippen LogP contribution in [0.3, 0.4) is 0 Å². The van der Waals surface area contributed by atoms with Gasteiger partial charge in [-0.2, -0.15) is 0 Å². The van der Waals surface area contributed by atoms with Gasteiger partial charge in [0.1, 0.15) is 17.2 Å². The molecule has 21 heavy (non-hydrogen) atoms. The zero-order valence-electron chi connectivity index (χ0n) is 12.0. The Hall–Kier alpha value is -2.69. The van der Waals surface area contributed by atoms with Crippen LogP contribution >= 0.6 is 0 Å². The van der Waals surface area contributed by atoms with Crippen LogP contribution < -0.4 is 19.5 Å². The summed E-state index contributed by atoms with van der Waals surface area (Å²) in [6, 6.07) is 13.8. The number of rotatable bonds is 5. The summed E-state index contributed by atoms with van der Waals surface area (Å²) in [5, 5.41) is 2.64. The second kappa shape index (κ2) is 7.19. The van der Waals surface area contributed by atoms with E-state index in [9.17, 15) is 4.79 Å². The minimum Gasteiger partial charge on any atom is -0.497 e. The SMILES string of the molecule is CCOc1ccc(NC(=O)Oc2ccc(OC)cc2)cc1. The topological polar surface area (TPSA) is 56.8 Å². The molecular weight excluding hydrogens is 270 g/mol. The highest BCUT2D eigenvalue weighted by atomic mass is 16.6. The zero-order valence-corrected chi connectivity index (χ0v) is 12.0. The summed E-state index contributed by atoms with van der Waals surface area (Å²) in [6.45, 7) is 2.52. The van der Waals surface area contributed by atoms with Gasteiger partial charge in [0.2, 0.25) is 0 Å². The molecule has 0 aliphatic rings. The molecule has 1 amide bonds. The highest BCUT2D eigenvalue weighted by Crippen LogP contribution is 2.19. The standard InChI is InChI=1S/C16H17NO4/c1-3-20-14-6-4-12(5-7-14)17-16(18)21-15-10-8-13(19-2)9-11-15/h4-11H,3H2,1-2H3,(H,17,18). The third kappa shape index (κ3) is 4.42. The average Bonchev–Trinajstić information content (AvgIpc) is 2.50. The second-order valence-electron chi connectivity index (χ2n) is 4.15. The number of carbonyl (C=O) groups is 1. The first-order chi connectivity index (χ1) is 10.2. The molecule has 0 aliphatic heterocycles. The van der Waals surface area contributed by atoms with Crippen molar-refractivity contribution in [1.29, 1.82) is 0 Å². The molecule has 5 nitrogen and oxygen atoms in total. The second-order valence-corrected chi connectivity index (χ2v) is 4.15. The highest BCUT2D eigenvalue weighted by molar-refractivity contribution is 5.86. The van der Waals surface area contributed by atoms with Gasteiger partial charge in [-0.15, -0.1) is 0 Å². The molecule has 0 bridgehead atoms. The summed E-state index contributed by atoms with van der Waals surface area (Å²) in [5.74, 6) is 1.90. The summed E-state index contributed by atoms with van der Waals surface area (Å²) < 4.78 is 15.5. The first-order valence-electron chi connectivity index (χ1n) is 6.57. The molecule has 0 radical (unpaired) electrons. The van der Waals surface area contributed by atoms with Crippen LogP contribution in [-0.2, 0) is 0 Å². The van der Waals surface area contributed by atoms with E-state index in [1.807, 2.05) is 6.92 Å². The van der Waals surface area contributed by atoms with Crippen LogP contribution in [0.4, 0.5) is 10.5 Å². The molecule has 2 aromatic rings. The molecule has 0 saturated carbocycles. The van der Waals surface area contributed by atoms with Crippen molar-refractivity contribution in [2.45, 2.75) is 6.92 Å². The van der Waals surface area contributed by atoms with Gasteiger partial charge in [-0.05, 0) is 55.5 Å². The van der Waals surface area contributed by atoms with Gasteiger partial charge in [0, 0.05) is 5.69 Å². The number of anilines is 1. The van der Waals surface area contributed by atoms with Crippen LogP contribution in [-0.4, -0.2) is 19.8 Å². The Morgan fingerprint density at radius 2 is 1.52 bits per heavy atom. The van der Waals surface area contributed by atoms with Gasteiger partial charge in [-0.3, -0.25) is 5.32 Å². The fourth-order valence-electron chi connectivity index (χ4n) is 1.70. The van der Waals surface area contributed by atoms with E-state index in [1.54, 1.807) is 55.6 Å². The Balaban J connectivity index is 1.91. The van der Waals surface area contributed by atoms with Crippen LogP contribution in [0.2, 0.25) is 0 Å². The maximum atomic E-state index is 11.8. The van der Waals surface area contributed by atoms with E-state index in [4.69, 9.17) is 14.2 Å². The number of hydrogen-bond acceptors (Lipinski definition) is 4. The number of ether oxygens (including phenoxy) is 3. The molecule has 2 aromatic carbocycles. The van der Waals surface area contributed by atoms with Crippen molar-refractivity contribution in [3.8, 4) is 17.2 Å². The minimum absolute atomic E-state index is 0.444. The summed E-state index contributed by atoms with van der Waals surface area (Å²) in [4.78, 5) is 11.8. The van der Waals surface area contributed by atoms with Gasteiger partial charge in [-0.1, -0.05) is 0 Å². The first-order valence-corrected chi connectivity index (χ1v) is 6.57. The molecule has 0 saturated heterocycles. The van der Waals surface area contributed by atoms with Crippen LogP contribution in [0.5, 0.6) is 17.2 Å². The summed E-state index contributed by atoms with van der Waals surface area (Å²) in [6.07, 6.45) is -0.552. The monoisotopic (exact) mass is 287 g/mol. The normalized spacial score (nSPS) is 9.81. The Labute approximate surface area is 123 Å². The third-order valence-corrected chi connectivity index (χ3v) is 2.68. The van der Waals surface area contributed by atoms with Gasteiger partial charge in [0.05, 0.1) is 13.7 Å². The van der Waals surface area contributed by atoms with E-state index in [-0.39, 0.29) is 0 Å². The van der Waals surface area contributed by atoms with E-state index < -0.39 is 6.09 Å². The Morgan fingerprint density at radius 3 is 2.10 bits per heavy atom. The Morgan fingerprint density at radius 1 is 0.952 bits per heavy atom. The van der Waals surface area contributed by atoms with Crippen LogP contribution in [0.25, 0.3) is 0 Å². The molecule has 2 rings (SSSR count). The lowest BCUT2D eigenvalue weighted by molar-refractivity contribution is 0.215. The predicted molar refractivity (Wildman–Crippen MR) is 80.3 cm³/mol. The quantitative estimate of drug-likeness (QED) is 0.911. The molecule has 0 unspecified atom stereocenters. The number of nitrogens with one attached hydrogen (secondary N) is 1. The lowest BCUT2D eigenvalue weighted by Crippen LogP contribution is -2.16. The average molecular weight is 287 g/mol. The van der Waals surface area contributed by atoms with E-state index in [0.717, 1.165) is 5.75 Å². The molecule has 0 fully saturated rings. The molecule has 1 N–H and O–H groups in total. The lowest BCUT2D eigenvalue weighted by Gasteiger charge is -2.08. The van der Waals surface area contributed by atoms with Crippen LogP contribution in [0.15, 0.2) is 48.5 Å². The predicted octanol–water partition coefficient (Wildman–Crippen LogP) is 3.70. The van der Waals surface area contributed by atoms with E-state index in [2.05, 4.69) is 5.32 Å².